The van der Waals surface area contributed by atoms with E-state index in [-0.39, 0.29) is 29.8 Å². The first-order valence-electron chi connectivity index (χ1n) is 11.0. The molecule has 0 aliphatic carbocycles. The number of hydrogen-bond donors (Lipinski definition) is 1. The summed E-state index contributed by atoms with van der Waals surface area (Å²) in [5.74, 6) is 0.170. The van der Waals surface area contributed by atoms with Crippen LogP contribution >= 0.6 is 23.2 Å². The van der Waals surface area contributed by atoms with Crippen molar-refractivity contribution in [3.63, 3.8) is 0 Å². The van der Waals surface area contributed by atoms with E-state index < -0.39 is 15.9 Å². The van der Waals surface area contributed by atoms with E-state index in [0.717, 1.165) is 5.69 Å². The second kappa shape index (κ2) is 12.0. The molecule has 0 fully saturated rings. The van der Waals surface area contributed by atoms with Gasteiger partial charge < -0.3 is 9.80 Å². The maximum atomic E-state index is 11.3. The molecule has 37 heavy (non-hydrogen) atoms. The molecular weight excluding hydrogens is 533 g/mol. The molecular formula is C26H21Cl2N5O3S. The molecule has 1 aliphatic heterocycles. The van der Waals surface area contributed by atoms with E-state index in [0.29, 0.717) is 33.7 Å². The van der Waals surface area contributed by atoms with Crippen LogP contribution in [-0.4, -0.2) is 31.8 Å². The number of anilines is 2. The number of nitrogens with zero attached hydrogens (tertiary/aromatic N) is 5. The van der Waals surface area contributed by atoms with Gasteiger partial charge in [-0.15, -0.1) is 0 Å². The number of halogens is 2. The molecule has 188 valence electrons. The van der Waals surface area contributed by atoms with Crippen LogP contribution in [0.15, 0.2) is 71.7 Å². The number of rotatable bonds is 8. The average Bonchev–Trinajstić information content (AvgIpc) is 3.15. The molecule has 0 amide bonds. The molecule has 0 unspecified atom stereocenters. The summed E-state index contributed by atoms with van der Waals surface area (Å²) in [6.07, 6.45) is 3.31. The van der Waals surface area contributed by atoms with Gasteiger partial charge in [-0.05, 0) is 43.2 Å². The van der Waals surface area contributed by atoms with Gasteiger partial charge in [0, 0.05) is 18.7 Å². The van der Waals surface area contributed by atoms with Crippen LogP contribution in [0.25, 0.3) is 10.4 Å². The summed E-state index contributed by atoms with van der Waals surface area (Å²) >= 11 is 12.5. The fourth-order valence-corrected chi connectivity index (χ4v) is 4.81. The number of hydrogen-bond acceptors (Lipinski definition) is 6. The first-order chi connectivity index (χ1) is 17.6. The Bertz CT molecular complexity index is 1510. The van der Waals surface area contributed by atoms with Crippen molar-refractivity contribution in [2.75, 3.05) is 28.6 Å². The average molecular weight is 554 g/mol. The highest BCUT2D eigenvalue weighted by atomic mass is 35.5. The van der Waals surface area contributed by atoms with Gasteiger partial charge in [-0.25, -0.2) is 10.1 Å². The van der Waals surface area contributed by atoms with Crippen LogP contribution in [0, 0.1) is 29.2 Å². The van der Waals surface area contributed by atoms with E-state index >= 15 is 0 Å². The molecule has 8 nitrogen and oxygen atoms in total. The Morgan fingerprint density at radius 3 is 2.24 bits per heavy atom. The van der Waals surface area contributed by atoms with Crippen molar-refractivity contribution in [2.24, 2.45) is 0 Å². The first-order valence-corrected chi connectivity index (χ1v) is 13.4. The normalized spacial score (nSPS) is 15.1. The van der Waals surface area contributed by atoms with Gasteiger partial charge in [0.15, 0.2) is 0 Å². The van der Waals surface area contributed by atoms with Crippen molar-refractivity contribution in [3.8, 4) is 12.1 Å². The van der Waals surface area contributed by atoms with Crippen molar-refractivity contribution in [1.82, 2.24) is 0 Å². The maximum absolute atomic E-state index is 11.3. The monoisotopic (exact) mass is 553 g/mol. The fourth-order valence-electron chi connectivity index (χ4n) is 4.00. The molecule has 3 rings (SSSR count). The summed E-state index contributed by atoms with van der Waals surface area (Å²) in [5.41, 5.74) is 2.06. The Morgan fingerprint density at radius 1 is 1.11 bits per heavy atom. The SMILES string of the molecule is [C-]#[N+]/C(C#N)=C(/C(C#N)=C/C=C1\N(CC)c2cc(Cl)c(Cl)cc2N1CCCS(=O)(=O)O)c1ccccc1. The summed E-state index contributed by atoms with van der Waals surface area (Å²) in [4.78, 5) is 7.06. The summed E-state index contributed by atoms with van der Waals surface area (Å²) in [6.45, 7) is 10.1. The number of benzene rings is 2. The number of nitriles is 2. The topological polar surface area (TPSA) is 113 Å². The third kappa shape index (κ3) is 6.32. The standard InChI is InChI=1S/C26H21Cl2N5O3S/c1-3-32-23-14-20(27)21(28)15-24(23)33(12-7-13-37(34,35)36)25(32)11-10-19(16-29)26(22(17-30)31-2)18-8-5-4-6-9-18/h4-6,8-11,14-15H,3,7,12-13H2,1H3,(H,34,35,36)/b19-10+,25-11+,26-22+. The highest BCUT2D eigenvalue weighted by molar-refractivity contribution is 7.85. The quantitative estimate of drug-likeness (QED) is 0.183. The molecule has 2 aromatic rings. The number of allylic oxidation sites excluding steroid dienone is 5. The molecule has 0 aromatic heterocycles. The molecule has 0 saturated heterocycles. The van der Waals surface area contributed by atoms with Gasteiger partial charge >= 0.3 is 0 Å². The van der Waals surface area contributed by atoms with Crippen LogP contribution in [0.4, 0.5) is 11.4 Å². The minimum absolute atomic E-state index is 0.104. The Labute approximate surface area is 226 Å². The van der Waals surface area contributed by atoms with E-state index in [9.17, 15) is 23.5 Å². The molecule has 0 radical (unpaired) electrons. The van der Waals surface area contributed by atoms with Gasteiger partial charge in [0.1, 0.15) is 5.82 Å². The Hall–Kier alpha value is -3.78. The van der Waals surface area contributed by atoms with Crippen LogP contribution in [0.5, 0.6) is 0 Å². The Morgan fingerprint density at radius 2 is 1.73 bits per heavy atom. The van der Waals surface area contributed by atoms with Crippen molar-refractivity contribution < 1.29 is 13.0 Å². The molecule has 1 N–H and O–H groups in total. The lowest BCUT2D eigenvalue weighted by Crippen LogP contribution is -2.29. The van der Waals surface area contributed by atoms with Gasteiger partial charge in [0.25, 0.3) is 15.8 Å². The van der Waals surface area contributed by atoms with Gasteiger partial charge in [0.2, 0.25) is 0 Å². The summed E-state index contributed by atoms with van der Waals surface area (Å²) in [7, 11) is -4.16. The predicted molar refractivity (Wildman–Crippen MR) is 145 cm³/mol. The van der Waals surface area contributed by atoms with Crippen LogP contribution in [-0.2, 0) is 10.1 Å². The fraction of sp³-hybridized carbons (Fsp3) is 0.192. The van der Waals surface area contributed by atoms with E-state index in [2.05, 4.69) is 10.9 Å². The smallest absolute Gasteiger partial charge is 0.270 e. The van der Waals surface area contributed by atoms with E-state index in [1.54, 1.807) is 48.5 Å². The third-order valence-electron chi connectivity index (χ3n) is 5.56. The highest BCUT2D eigenvalue weighted by Crippen LogP contribution is 2.45. The Balaban J connectivity index is 2.17. The molecule has 1 heterocycles. The zero-order valence-corrected chi connectivity index (χ0v) is 22.0. The second-order valence-electron chi connectivity index (χ2n) is 7.82. The van der Waals surface area contributed by atoms with Gasteiger partial charge in [0.05, 0.1) is 51.5 Å². The highest BCUT2D eigenvalue weighted by Gasteiger charge is 2.31. The van der Waals surface area contributed by atoms with Crippen LogP contribution in [0.3, 0.4) is 0 Å². The van der Waals surface area contributed by atoms with Crippen LogP contribution in [0.2, 0.25) is 10.0 Å². The molecule has 0 bridgehead atoms. The molecule has 11 heteroatoms. The molecule has 0 saturated carbocycles. The summed E-state index contributed by atoms with van der Waals surface area (Å²) in [6, 6.07) is 16.1. The van der Waals surface area contributed by atoms with Gasteiger partial charge in [-0.3, -0.25) is 4.55 Å². The van der Waals surface area contributed by atoms with Crippen molar-refractivity contribution in [3.05, 3.63) is 98.7 Å². The van der Waals surface area contributed by atoms with Crippen LogP contribution < -0.4 is 9.80 Å². The zero-order chi connectivity index (χ0) is 27.2. The minimum atomic E-state index is -4.16. The van der Waals surface area contributed by atoms with E-state index in [1.807, 2.05) is 22.8 Å². The second-order valence-corrected chi connectivity index (χ2v) is 10.2. The molecule has 0 atom stereocenters. The largest absolute Gasteiger partial charge is 0.326 e. The molecule has 2 aromatic carbocycles. The lowest BCUT2D eigenvalue weighted by Gasteiger charge is -2.24. The molecule has 1 aliphatic rings. The zero-order valence-electron chi connectivity index (χ0n) is 19.7. The van der Waals surface area contributed by atoms with E-state index in [4.69, 9.17) is 29.8 Å². The minimum Gasteiger partial charge on any atom is -0.326 e. The first kappa shape index (κ1) is 27.8. The summed E-state index contributed by atoms with van der Waals surface area (Å²) in [5, 5.41) is 20.2. The van der Waals surface area contributed by atoms with Gasteiger partial charge in [-0.2, -0.15) is 13.7 Å². The summed E-state index contributed by atoms with van der Waals surface area (Å²) < 4.78 is 31.8. The number of fused-ring (bicyclic) bond motifs is 1. The van der Waals surface area contributed by atoms with Gasteiger partial charge in [-0.1, -0.05) is 53.5 Å². The van der Waals surface area contributed by atoms with Crippen LogP contribution in [0.1, 0.15) is 18.9 Å². The third-order valence-corrected chi connectivity index (χ3v) is 7.08. The maximum Gasteiger partial charge on any atom is 0.270 e. The predicted octanol–water partition coefficient (Wildman–Crippen LogP) is 6.06. The molecule has 0 spiro atoms. The van der Waals surface area contributed by atoms with Crippen molar-refractivity contribution in [2.45, 2.75) is 13.3 Å². The van der Waals surface area contributed by atoms with E-state index in [1.165, 1.54) is 6.08 Å². The van der Waals surface area contributed by atoms with Crippen molar-refractivity contribution >= 4 is 50.3 Å². The Kier molecular flexibility index (Phi) is 8.99. The lowest BCUT2D eigenvalue weighted by atomic mass is 9.96. The lowest BCUT2D eigenvalue weighted by molar-refractivity contribution is 0.481. The van der Waals surface area contributed by atoms with Crippen molar-refractivity contribution in [1.29, 1.82) is 10.5 Å².